The van der Waals surface area contributed by atoms with Crippen LogP contribution in [-0.2, 0) is 25.2 Å². The molecule has 3 rings (SSSR count). The number of nitrogens with zero attached hydrogens (tertiary/aromatic N) is 1. The van der Waals surface area contributed by atoms with E-state index in [4.69, 9.17) is 9.94 Å². The lowest BCUT2D eigenvalue weighted by atomic mass is 9.89. The molecule has 33 heavy (non-hydrogen) atoms. The van der Waals surface area contributed by atoms with Gasteiger partial charge in [-0.2, -0.15) is 4.84 Å². The van der Waals surface area contributed by atoms with Crippen LogP contribution in [0.3, 0.4) is 0 Å². The van der Waals surface area contributed by atoms with Crippen molar-refractivity contribution in [3.63, 3.8) is 0 Å². The van der Waals surface area contributed by atoms with Crippen LogP contribution in [0.4, 0.5) is 4.39 Å². The largest absolute Gasteiger partial charge is 0.475 e. The van der Waals surface area contributed by atoms with Gasteiger partial charge in [0, 0.05) is 27.9 Å². The summed E-state index contributed by atoms with van der Waals surface area (Å²) in [6, 6.07) is 12.1. The van der Waals surface area contributed by atoms with Crippen LogP contribution in [0.15, 0.2) is 47.4 Å². The number of rotatable bonds is 10. The predicted molar refractivity (Wildman–Crippen MR) is 121 cm³/mol. The Labute approximate surface area is 194 Å². The molecule has 0 heterocycles. The number of hydrogen-bond donors (Lipinski definition) is 1. The van der Waals surface area contributed by atoms with Crippen molar-refractivity contribution in [2.45, 2.75) is 37.0 Å². The molecule has 7 nitrogen and oxygen atoms in total. The lowest BCUT2D eigenvalue weighted by Gasteiger charge is -2.17. The highest BCUT2D eigenvalue weighted by atomic mass is 32.2. The molecule has 2 aromatic rings. The maximum atomic E-state index is 14.0. The second-order valence-corrected chi connectivity index (χ2v) is 9.33. The summed E-state index contributed by atoms with van der Waals surface area (Å²) in [6.07, 6.45) is 4.69. The van der Waals surface area contributed by atoms with Crippen molar-refractivity contribution < 1.29 is 33.3 Å². The molecule has 176 valence electrons. The first kappa shape index (κ1) is 24.6. The summed E-state index contributed by atoms with van der Waals surface area (Å²) in [5.41, 5.74) is 3.64. The number of halogens is 1. The van der Waals surface area contributed by atoms with Crippen molar-refractivity contribution in [3.8, 4) is 0 Å². The van der Waals surface area contributed by atoms with Crippen molar-refractivity contribution in [2.75, 3.05) is 19.5 Å². The zero-order valence-electron chi connectivity index (χ0n) is 18.5. The Kier molecular flexibility index (Phi) is 8.32. The average Bonchev–Trinajstić information content (AvgIpc) is 3.01. The SMILES string of the molecule is CC1/C(=C/c2ccc(S(C)=O)cc2)c2ccc(F)cc2C1CC(=O)OCCCCO[N+](=O)O. The highest BCUT2D eigenvalue weighted by molar-refractivity contribution is 7.84. The van der Waals surface area contributed by atoms with Crippen molar-refractivity contribution in [1.29, 1.82) is 0 Å². The first-order valence-electron chi connectivity index (χ1n) is 10.7. The second-order valence-electron chi connectivity index (χ2n) is 7.95. The standard InChI is InChI=1S/C24H27FNO6S/c1-16-21(13-17-5-8-19(9-6-17)33(2)30)20-10-7-18(25)14-23(20)22(16)15-24(27)31-11-3-4-12-32-26(28)29/h5-10,13-14,16,22H,3-4,11-12,15H2,1-2H3,(H,28,29)/q+1/b21-13-. The maximum absolute atomic E-state index is 14.0. The number of esters is 1. The molecule has 0 bridgehead atoms. The predicted octanol–water partition coefficient (Wildman–Crippen LogP) is 4.65. The third kappa shape index (κ3) is 6.47. The Balaban J connectivity index is 1.70. The van der Waals surface area contributed by atoms with Gasteiger partial charge in [0.05, 0.1) is 13.0 Å². The zero-order valence-corrected chi connectivity index (χ0v) is 19.3. The van der Waals surface area contributed by atoms with E-state index in [0.717, 1.165) is 27.2 Å². The number of unbranched alkanes of at least 4 members (excludes halogenated alkanes) is 1. The third-order valence-corrected chi connectivity index (χ3v) is 6.68. The van der Waals surface area contributed by atoms with Crippen molar-refractivity contribution in [2.24, 2.45) is 5.92 Å². The summed E-state index contributed by atoms with van der Waals surface area (Å²) in [6.45, 7) is 2.20. The minimum atomic E-state index is -1.05. The van der Waals surface area contributed by atoms with Gasteiger partial charge in [-0.25, -0.2) is 9.60 Å². The molecular formula is C24H27FNO6S+. The van der Waals surface area contributed by atoms with Crippen LogP contribution in [0.25, 0.3) is 11.6 Å². The van der Waals surface area contributed by atoms with E-state index in [1.165, 1.54) is 12.1 Å². The highest BCUT2D eigenvalue weighted by Gasteiger charge is 2.35. The van der Waals surface area contributed by atoms with E-state index in [1.807, 2.05) is 37.3 Å². The Morgan fingerprint density at radius 1 is 1.18 bits per heavy atom. The summed E-state index contributed by atoms with van der Waals surface area (Å²) in [5.74, 6) is -0.989. The molecule has 1 aliphatic rings. The minimum absolute atomic E-state index is 0.0210. The Hall–Kier alpha value is -3.07. The van der Waals surface area contributed by atoms with E-state index in [2.05, 4.69) is 4.84 Å². The Morgan fingerprint density at radius 2 is 1.88 bits per heavy atom. The quantitative estimate of drug-likeness (QED) is 0.305. The van der Waals surface area contributed by atoms with Gasteiger partial charge in [0.1, 0.15) is 10.7 Å². The van der Waals surface area contributed by atoms with Crippen molar-refractivity contribution in [3.05, 3.63) is 69.9 Å². The van der Waals surface area contributed by atoms with Gasteiger partial charge in [0.25, 0.3) is 0 Å². The first-order valence-corrected chi connectivity index (χ1v) is 12.2. The molecule has 0 spiro atoms. The van der Waals surface area contributed by atoms with Crippen LogP contribution in [0.2, 0.25) is 0 Å². The van der Waals surface area contributed by atoms with Gasteiger partial charge in [0.2, 0.25) is 0 Å². The maximum Gasteiger partial charge on any atom is 0.475 e. The molecule has 0 saturated heterocycles. The van der Waals surface area contributed by atoms with Gasteiger partial charge in [0.15, 0.2) is 6.61 Å². The monoisotopic (exact) mass is 476 g/mol. The molecule has 3 unspecified atom stereocenters. The lowest BCUT2D eigenvalue weighted by Crippen LogP contribution is -2.14. The molecule has 0 amide bonds. The summed E-state index contributed by atoms with van der Waals surface area (Å²) in [4.78, 5) is 27.8. The molecule has 1 aliphatic carbocycles. The van der Waals surface area contributed by atoms with Crippen LogP contribution in [0.5, 0.6) is 0 Å². The highest BCUT2D eigenvalue weighted by Crippen LogP contribution is 2.48. The molecule has 0 aliphatic heterocycles. The molecule has 0 fully saturated rings. The van der Waals surface area contributed by atoms with Gasteiger partial charge < -0.3 is 4.74 Å². The van der Waals surface area contributed by atoms with Gasteiger partial charge in [-0.15, -0.1) is 0 Å². The van der Waals surface area contributed by atoms with Crippen LogP contribution >= 0.6 is 0 Å². The summed E-state index contributed by atoms with van der Waals surface area (Å²) in [7, 11) is -1.05. The fourth-order valence-electron chi connectivity index (χ4n) is 4.04. The third-order valence-electron chi connectivity index (χ3n) is 5.74. The second kappa shape index (κ2) is 11.2. The number of ether oxygens (including phenoxy) is 1. The molecule has 0 saturated carbocycles. The van der Waals surface area contributed by atoms with E-state index in [9.17, 15) is 18.3 Å². The van der Waals surface area contributed by atoms with Crippen LogP contribution in [0, 0.1) is 16.6 Å². The molecule has 3 atom stereocenters. The molecular weight excluding hydrogens is 449 g/mol. The fourth-order valence-corrected chi connectivity index (χ4v) is 4.56. The minimum Gasteiger partial charge on any atom is -0.466 e. The molecule has 9 heteroatoms. The average molecular weight is 477 g/mol. The van der Waals surface area contributed by atoms with E-state index in [-0.39, 0.29) is 43.3 Å². The number of carbonyl (C=O) groups is 1. The van der Waals surface area contributed by atoms with Gasteiger partial charge in [-0.3, -0.25) is 9.00 Å². The van der Waals surface area contributed by atoms with Crippen LogP contribution in [0.1, 0.15) is 48.8 Å². The van der Waals surface area contributed by atoms with Crippen molar-refractivity contribution >= 4 is 28.4 Å². The number of carbonyl (C=O) groups excluding carboxylic acids is 1. The smallest absolute Gasteiger partial charge is 0.466 e. The van der Waals surface area contributed by atoms with Crippen molar-refractivity contribution in [1.82, 2.24) is 0 Å². The summed E-state index contributed by atoms with van der Waals surface area (Å²) < 4.78 is 31.0. The first-order chi connectivity index (χ1) is 15.8. The molecule has 1 N–H and O–H groups in total. The van der Waals surface area contributed by atoms with E-state index >= 15 is 0 Å². The Bertz CT molecular complexity index is 1070. The number of fused-ring (bicyclic) bond motifs is 1. The zero-order chi connectivity index (χ0) is 24.0. The number of hydrogen-bond acceptors (Lipinski definition) is 5. The van der Waals surface area contributed by atoms with Gasteiger partial charge >= 0.3 is 11.1 Å². The number of benzene rings is 2. The molecule has 2 aromatic carbocycles. The van der Waals surface area contributed by atoms with Gasteiger partial charge in [-0.1, -0.05) is 31.2 Å². The van der Waals surface area contributed by atoms with E-state index < -0.39 is 15.9 Å². The molecule has 0 aromatic heterocycles. The van der Waals surface area contributed by atoms with Crippen LogP contribution in [-0.4, -0.2) is 39.9 Å². The lowest BCUT2D eigenvalue weighted by molar-refractivity contribution is -0.975. The van der Waals surface area contributed by atoms with E-state index in [0.29, 0.717) is 12.8 Å². The summed E-state index contributed by atoms with van der Waals surface area (Å²) in [5, 5.41) is 7.75. The topological polar surface area (TPSA) is 92.9 Å². The normalized spacial score (nSPS) is 19.2. The van der Waals surface area contributed by atoms with Gasteiger partial charge in [-0.05, 0) is 65.3 Å². The Morgan fingerprint density at radius 3 is 2.55 bits per heavy atom. The van der Waals surface area contributed by atoms with Crippen LogP contribution < -0.4 is 0 Å². The summed E-state index contributed by atoms with van der Waals surface area (Å²) >= 11 is 0. The fraction of sp³-hybridized carbons (Fsp3) is 0.375. The van der Waals surface area contributed by atoms with E-state index in [1.54, 1.807) is 12.3 Å². The number of allylic oxidation sites excluding steroid dienone is 1. The molecule has 0 radical (unpaired) electrons.